The minimum absolute atomic E-state index is 0.0462. The molecule has 0 aliphatic rings. The molecule has 0 aliphatic carbocycles. The van der Waals surface area contributed by atoms with Crippen LogP contribution in [0.1, 0.15) is 24.5 Å². The average Bonchev–Trinajstić information content (AvgIpc) is 2.16. The molecule has 0 spiro atoms. The molecule has 0 heterocycles. The lowest BCUT2D eigenvalue weighted by Crippen LogP contribution is -1.96. The Bertz CT molecular complexity index is 271. The summed E-state index contributed by atoms with van der Waals surface area (Å²) in [4.78, 5) is 0. The van der Waals surface area contributed by atoms with Crippen LogP contribution in [-0.2, 0) is 12.8 Å². The number of benzene rings is 1. The van der Waals surface area contributed by atoms with Crippen molar-refractivity contribution in [2.75, 3.05) is 5.88 Å². The summed E-state index contributed by atoms with van der Waals surface area (Å²) in [6, 6.07) is 5.58. The molecular weight excluding hydrogens is 187 g/mol. The van der Waals surface area contributed by atoms with Gasteiger partial charge in [-0.2, -0.15) is 0 Å². The predicted molar refractivity (Wildman–Crippen MR) is 54.8 cm³/mol. The van der Waals surface area contributed by atoms with Crippen LogP contribution in [0, 0.1) is 5.82 Å². The van der Waals surface area contributed by atoms with E-state index < -0.39 is 0 Å². The van der Waals surface area contributed by atoms with Crippen molar-refractivity contribution in [3.05, 3.63) is 35.1 Å². The zero-order valence-electron chi connectivity index (χ0n) is 7.82. The van der Waals surface area contributed by atoms with Crippen LogP contribution in [-0.4, -0.2) is 5.88 Å². The summed E-state index contributed by atoms with van der Waals surface area (Å²) in [5.41, 5.74) is 1.59. The van der Waals surface area contributed by atoms with E-state index in [2.05, 4.69) is 0 Å². The van der Waals surface area contributed by atoms with E-state index in [0.29, 0.717) is 5.88 Å². The van der Waals surface area contributed by atoms with E-state index >= 15 is 0 Å². The van der Waals surface area contributed by atoms with Gasteiger partial charge in [-0.3, -0.25) is 0 Å². The summed E-state index contributed by atoms with van der Waals surface area (Å²) in [6.07, 6.45) is 2.33. The highest BCUT2D eigenvalue weighted by Crippen LogP contribution is 2.15. The Balaban J connectivity index is 2.81. The second-order valence-corrected chi connectivity index (χ2v) is 3.41. The van der Waals surface area contributed by atoms with E-state index in [-0.39, 0.29) is 5.82 Å². The second kappa shape index (κ2) is 5.23. The summed E-state index contributed by atoms with van der Waals surface area (Å²) >= 11 is 5.55. The summed E-state index contributed by atoms with van der Waals surface area (Å²) in [7, 11) is 0. The molecule has 13 heavy (non-hydrogen) atoms. The number of rotatable bonds is 4. The van der Waals surface area contributed by atoms with E-state index in [1.807, 2.05) is 25.1 Å². The minimum atomic E-state index is -0.0462. The Morgan fingerprint density at radius 2 is 2.00 bits per heavy atom. The van der Waals surface area contributed by atoms with Gasteiger partial charge in [0.2, 0.25) is 0 Å². The van der Waals surface area contributed by atoms with Crippen LogP contribution < -0.4 is 0 Å². The molecule has 0 fully saturated rings. The molecule has 0 radical (unpaired) electrons. The Kier molecular flexibility index (Phi) is 4.23. The maximum Gasteiger partial charge on any atom is 0.129 e. The standard InChI is InChI=1S/C11H14ClF/c1-2-9-5-3-6-10(11(9)13)7-4-8-12/h3,5-6H,2,4,7-8H2,1H3. The molecule has 0 N–H and O–H groups in total. The molecule has 0 unspecified atom stereocenters. The molecule has 0 amide bonds. The van der Waals surface area contributed by atoms with Gasteiger partial charge in [0.05, 0.1) is 0 Å². The zero-order valence-corrected chi connectivity index (χ0v) is 8.57. The van der Waals surface area contributed by atoms with Crippen molar-refractivity contribution < 1.29 is 4.39 Å². The van der Waals surface area contributed by atoms with Gasteiger partial charge in [0, 0.05) is 5.88 Å². The lowest BCUT2D eigenvalue weighted by atomic mass is 10.0. The quantitative estimate of drug-likeness (QED) is 0.652. The Hall–Kier alpha value is -0.560. The number of hydrogen-bond acceptors (Lipinski definition) is 0. The van der Waals surface area contributed by atoms with Gasteiger partial charge >= 0.3 is 0 Å². The summed E-state index contributed by atoms with van der Waals surface area (Å²) < 4.78 is 13.6. The number of hydrogen-bond donors (Lipinski definition) is 0. The van der Waals surface area contributed by atoms with Crippen LogP contribution >= 0.6 is 11.6 Å². The van der Waals surface area contributed by atoms with Gasteiger partial charge in [-0.1, -0.05) is 25.1 Å². The Labute approximate surface area is 83.7 Å². The van der Waals surface area contributed by atoms with Crippen LogP contribution in [0.3, 0.4) is 0 Å². The molecule has 0 nitrogen and oxygen atoms in total. The summed E-state index contributed by atoms with van der Waals surface area (Å²) in [6.45, 7) is 1.96. The molecule has 72 valence electrons. The first-order valence-corrected chi connectivity index (χ1v) is 5.15. The van der Waals surface area contributed by atoms with Crippen molar-refractivity contribution in [3.8, 4) is 0 Å². The highest BCUT2D eigenvalue weighted by Gasteiger charge is 2.05. The lowest BCUT2D eigenvalue weighted by molar-refractivity contribution is 0.593. The molecule has 0 atom stereocenters. The van der Waals surface area contributed by atoms with Gasteiger partial charge in [-0.15, -0.1) is 11.6 Å². The molecule has 1 rings (SSSR count). The van der Waals surface area contributed by atoms with Crippen molar-refractivity contribution in [1.82, 2.24) is 0 Å². The monoisotopic (exact) mass is 200 g/mol. The minimum Gasteiger partial charge on any atom is -0.206 e. The van der Waals surface area contributed by atoms with Crippen molar-refractivity contribution in [1.29, 1.82) is 0 Å². The van der Waals surface area contributed by atoms with Crippen LogP contribution in [0.4, 0.5) is 4.39 Å². The van der Waals surface area contributed by atoms with Crippen LogP contribution in [0.15, 0.2) is 18.2 Å². The topological polar surface area (TPSA) is 0 Å². The number of aryl methyl sites for hydroxylation is 2. The van der Waals surface area contributed by atoms with Crippen molar-refractivity contribution in [2.24, 2.45) is 0 Å². The molecule has 1 aromatic carbocycles. The number of alkyl halides is 1. The zero-order chi connectivity index (χ0) is 9.68. The fraction of sp³-hybridized carbons (Fsp3) is 0.455. The first-order valence-electron chi connectivity index (χ1n) is 4.61. The van der Waals surface area contributed by atoms with Gasteiger partial charge in [-0.05, 0) is 30.4 Å². The normalized spacial score (nSPS) is 10.4. The summed E-state index contributed by atoms with van der Waals surface area (Å²) in [5, 5.41) is 0. The molecule has 0 aliphatic heterocycles. The first kappa shape index (κ1) is 10.5. The van der Waals surface area contributed by atoms with E-state index in [9.17, 15) is 4.39 Å². The molecule has 0 bridgehead atoms. The molecule has 0 saturated carbocycles. The molecule has 1 aromatic rings. The molecule has 0 aromatic heterocycles. The molecule has 2 heteroatoms. The third kappa shape index (κ3) is 2.70. The van der Waals surface area contributed by atoms with Gasteiger partial charge in [-0.25, -0.2) is 4.39 Å². The third-order valence-electron chi connectivity index (χ3n) is 2.12. The highest BCUT2D eigenvalue weighted by atomic mass is 35.5. The Morgan fingerprint density at radius 1 is 1.31 bits per heavy atom. The largest absolute Gasteiger partial charge is 0.206 e. The maximum absolute atomic E-state index is 13.6. The van der Waals surface area contributed by atoms with Gasteiger partial charge in [0.1, 0.15) is 5.82 Å². The van der Waals surface area contributed by atoms with Crippen molar-refractivity contribution in [3.63, 3.8) is 0 Å². The van der Waals surface area contributed by atoms with E-state index in [4.69, 9.17) is 11.6 Å². The fourth-order valence-electron chi connectivity index (χ4n) is 1.36. The first-order chi connectivity index (χ1) is 6.29. The highest BCUT2D eigenvalue weighted by molar-refractivity contribution is 6.17. The van der Waals surface area contributed by atoms with Crippen LogP contribution in [0.2, 0.25) is 0 Å². The van der Waals surface area contributed by atoms with Gasteiger partial charge < -0.3 is 0 Å². The van der Waals surface area contributed by atoms with E-state index in [1.165, 1.54) is 0 Å². The number of halogens is 2. The van der Waals surface area contributed by atoms with Crippen LogP contribution in [0.5, 0.6) is 0 Å². The van der Waals surface area contributed by atoms with Crippen molar-refractivity contribution >= 4 is 11.6 Å². The molecule has 0 saturated heterocycles. The SMILES string of the molecule is CCc1cccc(CCCCl)c1F. The maximum atomic E-state index is 13.6. The smallest absolute Gasteiger partial charge is 0.129 e. The predicted octanol–water partition coefficient (Wildman–Crippen LogP) is 3.56. The Morgan fingerprint density at radius 3 is 2.62 bits per heavy atom. The van der Waals surface area contributed by atoms with E-state index in [1.54, 1.807) is 0 Å². The van der Waals surface area contributed by atoms with Gasteiger partial charge in [0.15, 0.2) is 0 Å². The molecular formula is C11H14ClF. The van der Waals surface area contributed by atoms with E-state index in [0.717, 1.165) is 30.4 Å². The second-order valence-electron chi connectivity index (χ2n) is 3.04. The lowest BCUT2D eigenvalue weighted by Gasteiger charge is -2.05. The average molecular weight is 201 g/mol. The van der Waals surface area contributed by atoms with Crippen molar-refractivity contribution in [2.45, 2.75) is 26.2 Å². The fourth-order valence-corrected chi connectivity index (χ4v) is 1.49. The summed E-state index contributed by atoms with van der Waals surface area (Å²) in [5.74, 6) is 0.547. The van der Waals surface area contributed by atoms with Gasteiger partial charge in [0.25, 0.3) is 0 Å². The van der Waals surface area contributed by atoms with Crippen LogP contribution in [0.25, 0.3) is 0 Å². The third-order valence-corrected chi connectivity index (χ3v) is 2.39.